The van der Waals surface area contributed by atoms with E-state index in [4.69, 9.17) is 25.6 Å². The molecule has 0 saturated heterocycles. The minimum atomic E-state index is -4.82. The van der Waals surface area contributed by atoms with E-state index in [2.05, 4.69) is 5.32 Å². The zero-order valence-electron chi connectivity index (χ0n) is 17.6. The first-order chi connectivity index (χ1) is 12.0. The van der Waals surface area contributed by atoms with Crippen LogP contribution in [0.3, 0.4) is 0 Å². The van der Waals surface area contributed by atoms with Gasteiger partial charge in [0.05, 0.1) is 22.4 Å². The quantitative estimate of drug-likeness (QED) is 0.685. The predicted octanol–water partition coefficient (Wildman–Crippen LogP) is 4.17. The van der Waals surface area contributed by atoms with E-state index in [1.165, 1.54) is 6.92 Å². The maximum absolute atomic E-state index is 13.0. The van der Waals surface area contributed by atoms with Crippen LogP contribution in [0.1, 0.15) is 52.5 Å². The van der Waals surface area contributed by atoms with Gasteiger partial charge in [0.25, 0.3) is 0 Å². The van der Waals surface area contributed by atoms with Gasteiger partial charge < -0.3 is 16.2 Å². The monoisotopic (exact) mass is 366 g/mol. The second-order valence-corrected chi connectivity index (χ2v) is 5.02. The molecule has 0 aliphatic rings. The number of nitrogens with two attached hydrogens (primary N) is 1. The minimum Gasteiger partial charge on any atom is -0.397 e. The number of anilines is 1. The van der Waals surface area contributed by atoms with Gasteiger partial charge in [0.1, 0.15) is 0 Å². The van der Waals surface area contributed by atoms with Gasteiger partial charge in [-0.25, -0.2) is 0 Å². The molecule has 0 radical (unpaired) electrons. The second-order valence-electron chi connectivity index (χ2n) is 4.62. The van der Waals surface area contributed by atoms with Crippen molar-refractivity contribution in [2.75, 3.05) is 12.3 Å². The number of nitrogens with one attached hydrogen (secondary N) is 1. The molecule has 0 fully saturated rings. The van der Waals surface area contributed by atoms with Crippen LogP contribution in [0.5, 0.6) is 0 Å². The molecule has 0 aliphatic carbocycles. The fraction of sp³-hybridized carbons (Fsp3) is 0.571. The van der Waals surface area contributed by atoms with E-state index >= 15 is 0 Å². The summed E-state index contributed by atoms with van der Waals surface area (Å²) in [4.78, 5) is 0. The molecule has 0 spiro atoms. The van der Waals surface area contributed by atoms with E-state index in [1.807, 2.05) is 0 Å². The summed E-state index contributed by atoms with van der Waals surface area (Å²) >= 11 is 5.70. The molecule has 0 amide bonds. The smallest absolute Gasteiger partial charge is 0.397 e. The normalized spacial score (nSPS) is 18.8. The lowest BCUT2D eigenvalue weighted by atomic mass is 10.00. The van der Waals surface area contributed by atoms with Gasteiger partial charge in [-0.1, -0.05) is 18.5 Å². The molecular weight excluding hydrogens is 340 g/mol. The number of aliphatic hydroxyl groups excluding tert-OH is 1. The Hall–Kier alpha value is -0.690. The lowest BCUT2D eigenvalue weighted by Crippen LogP contribution is -2.40. The molecule has 3 nitrogen and oxygen atoms in total. The van der Waals surface area contributed by atoms with Crippen LogP contribution in [-0.2, 0) is 6.18 Å². The third-order valence-electron chi connectivity index (χ3n) is 2.97. The largest absolute Gasteiger partial charge is 0.418 e. The summed E-state index contributed by atoms with van der Waals surface area (Å²) in [5.41, 5.74) is 0.735. The van der Waals surface area contributed by atoms with E-state index in [0.29, 0.717) is 6.07 Å². The highest BCUT2D eigenvalue weighted by atomic mass is 35.5. The highest BCUT2D eigenvalue weighted by Gasteiger charge is 2.34. The zero-order chi connectivity index (χ0) is 21.4. The average Bonchev–Trinajstić information content (AvgIpc) is 2.46. The summed E-state index contributed by atoms with van der Waals surface area (Å²) < 4.78 is 84.5. The Morgan fingerprint density at radius 1 is 1.41 bits per heavy atom. The highest BCUT2D eigenvalue weighted by Crippen LogP contribution is 2.38. The van der Waals surface area contributed by atoms with Gasteiger partial charge in [0.2, 0.25) is 0 Å². The van der Waals surface area contributed by atoms with Crippen molar-refractivity contribution in [3.63, 3.8) is 0 Å². The molecule has 0 aromatic heterocycles. The van der Waals surface area contributed by atoms with Gasteiger partial charge >= 0.3 is 6.18 Å². The summed E-state index contributed by atoms with van der Waals surface area (Å²) in [5, 5.41) is 12.1. The fourth-order valence-corrected chi connectivity index (χ4v) is 1.81. The number of aliphatic hydroxyl groups is 1. The lowest BCUT2D eigenvalue weighted by Gasteiger charge is -2.26. The number of β-amino-alcohol motifs (C(OH)–C–C–N with tert-alkyl or cyclic N) is 1. The molecule has 1 aromatic rings. The van der Waals surface area contributed by atoms with Crippen molar-refractivity contribution in [2.45, 2.75) is 44.9 Å². The van der Waals surface area contributed by atoms with Crippen LogP contribution < -0.4 is 11.1 Å². The molecule has 4 N–H and O–H groups in total. The first-order valence-corrected chi connectivity index (χ1v) is 6.45. The van der Waals surface area contributed by atoms with E-state index in [1.54, 1.807) is 0 Å². The Kier molecular flexibility index (Phi) is 4.46. The molecule has 1 atom stereocenters. The molecule has 0 bridgehead atoms. The van der Waals surface area contributed by atoms with Crippen molar-refractivity contribution >= 4 is 29.7 Å². The number of benzene rings is 1. The number of rotatable bonds is 5. The molecule has 1 unspecified atom stereocenters. The third-order valence-corrected chi connectivity index (χ3v) is 3.28. The van der Waals surface area contributed by atoms with Crippen molar-refractivity contribution in [3.8, 4) is 0 Å². The number of alkyl halides is 3. The van der Waals surface area contributed by atoms with Crippen molar-refractivity contribution in [2.24, 2.45) is 0 Å². The summed E-state index contributed by atoms with van der Waals surface area (Å²) in [7, 11) is 0. The van der Waals surface area contributed by atoms with Gasteiger partial charge in [-0.2, -0.15) is 13.2 Å². The predicted molar refractivity (Wildman–Crippen MR) is 85.4 cm³/mol. The van der Waals surface area contributed by atoms with Crippen LogP contribution in [0.25, 0.3) is 0 Å². The molecular formula is C14H21Cl2F3N2O. The Bertz CT molecular complexity index is 669. The van der Waals surface area contributed by atoms with E-state index in [9.17, 15) is 18.3 Å². The molecule has 0 aliphatic heterocycles. The fourth-order valence-electron chi connectivity index (χ4n) is 1.58. The van der Waals surface area contributed by atoms with E-state index in [0.717, 1.165) is 6.07 Å². The summed E-state index contributed by atoms with van der Waals surface area (Å²) in [6.07, 6.45) is -6.80. The summed E-state index contributed by atoms with van der Waals surface area (Å²) in [6, 6.07) is 1.60. The first-order valence-electron chi connectivity index (χ1n) is 9.07. The molecule has 1 rings (SSSR count). The van der Waals surface area contributed by atoms with Gasteiger partial charge in [-0.15, -0.1) is 12.4 Å². The number of hydrogen-bond donors (Lipinski definition) is 3. The Morgan fingerprint density at radius 3 is 2.45 bits per heavy atom. The van der Waals surface area contributed by atoms with Crippen LogP contribution in [0.15, 0.2) is 12.1 Å². The van der Waals surface area contributed by atoms with Gasteiger partial charge in [0, 0.05) is 20.3 Å². The Labute approximate surface area is 147 Å². The highest BCUT2D eigenvalue weighted by molar-refractivity contribution is 6.33. The van der Waals surface area contributed by atoms with Crippen molar-refractivity contribution in [3.05, 3.63) is 28.3 Å². The third kappa shape index (κ3) is 5.50. The molecule has 1 aromatic carbocycles. The zero-order valence-corrected chi connectivity index (χ0v) is 13.2. The van der Waals surface area contributed by atoms with Crippen LogP contribution in [0, 0.1) is 0 Å². The minimum absolute atomic E-state index is 0. The Balaban J connectivity index is 0.00000729. The SMILES string of the molecule is Cl.[2H]C([2H])([2H])C(CC)(NCC(O)c1cc(Cl)c(N)c(C(F)(F)F)c1)C([2H])([2H])[2H]. The molecule has 128 valence electrons. The van der Waals surface area contributed by atoms with Crippen LogP contribution in [0.4, 0.5) is 18.9 Å². The van der Waals surface area contributed by atoms with Crippen molar-refractivity contribution in [1.29, 1.82) is 0 Å². The maximum Gasteiger partial charge on any atom is 0.418 e. The summed E-state index contributed by atoms with van der Waals surface area (Å²) in [5.74, 6) is 0. The molecule has 0 heterocycles. The summed E-state index contributed by atoms with van der Waals surface area (Å²) in [6.45, 7) is -5.19. The first kappa shape index (κ1) is 12.7. The van der Waals surface area contributed by atoms with Crippen LogP contribution in [0.2, 0.25) is 5.02 Å². The van der Waals surface area contributed by atoms with Gasteiger partial charge in [-0.05, 0) is 37.8 Å². The van der Waals surface area contributed by atoms with E-state index < -0.39 is 54.3 Å². The van der Waals surface area contributed by atoms with Crippen LogP contribution >= 0.6 is 24.0 Å². The maximum atomic E-state index is 13.0. The molecule has 8 heteroatoms. The van der Waals surface area contributed by atoms with Crippen molar-refractivity contribution in [1.82, 2.24) is 5.32 Å². The van der Waals surface area contributed by atoms with Gasteiger partial charge in [0.15, 0.2) is 0 Å². The van der Waals surface area contributed by atoms with Crippen LogP contribution in [-0.4, -0.2) is 17.2 Å². The topological polar surface area (TPSA) is 58.3 Å². The number of nitrogen functional groups attached to an aromatic ring is 1. The van der Waals surface area contributed by atoms with Crippen molar-refractivity contribution < 1.29 is 26.5 Å². The standard InChI is InChI=1S/C14H20ClF3N2O.ClH/c1-4-13(2,3)20-7-11(21)8-5-9(14(16,17)18)12(19)10(15)6-8;/h5-6,11,20-21H,4,7,19H2,1-3H3;1H/i2D3,3D3;. The number of hydrogen-bond acceptors (Lipinski definition) is 3. The Morgan fingerprint density at radius 2 is 2.00 bits per heavy atom. The average molecular weight is 367 g/mol. The van der Waals surface area contributed by atoms with E-state index in [-0.39, 0.29) is 24.4 Å². The number of halogens is 5. The second kappa shape index (κ2) is 7.73. The van der Waals surface area contributed by atoms with Gasteiger partial charge in [-0.3, -0.25) is 0 Å². The lowest BCUT2D eigenvalue weighted by molar-refractivity contribution is -0.137. The molecule has 22 heavy (non-hydrogen) atoms. The molecule has 0 saturated carbocycles.